The van der Waals surface area contributed by atoms with Crippen LogP contribution in [0.25, 0.3) is 0 Å². The average molecular weight is 395 g/mol. The van der Waals surface area contributed by atoms with E-state index in [1.54, 1.807) is 6.92 Å². The first-order valence-electron chi connectivity index (χ1n) is 8.83. The second-order valence-electron chi connectivity index (χ2n) is 7.45. The predicted octanol–water partition coefficient (Wildman–Crippen LogP) is 1.62. The maximum absolute atomic E-state index is 13.7. The highest BCUT2D eigenvalue weighted by Gasteiger charge is 2.60. The number of halogens is 4. The van der Waals surface area contributed by atoms with Crippen LogP contribution in [0.15, 0.2) is 0 Å². The fourth-order valence-electron chi connectivity index (χ4n) is 4.09. The zero-order valence-corrected chi connectivity index (χ0v) is 14.7. The Kier molecular flexibility index (Phi) is 4.75. The molecular formula is C16H21F4N3O4. The van der Waals surface area contributed by atoms with E-state index in [2.05, 4.69) is 0 Å². The number of nitrogens with zero attached hydrogens (tertiary/aromatic N) is 3. The van der Waals surface area contributed by atoms with E-state index < -0.39 is 54.4 Å². The van der Waals surface area contributed by atoms with Gasteiger partial charge in [0.05, 0.1) is 12.1 Å². The van der Waals surface area contributed by atoms with Crippen LogP contribution >= 0.6 is 0 Å². The molecule has 2 saturated heterocycles. The molecule has 11 heteroatoms. The van der Waals surface area contributed by atoms with Gasteiger partial charge in [0.2, 0.25) is 5.91 Å². The molecule has 0 radical (unpaired) electrons. The lowest BCUT2D eigenvalue weighted by molar-refractivity contribution is -0.193. The molecular weight excluding hydrogens is 374 g/mol. The topological polar surface area (TPSA) is 81.2 Å². The number of rotatable bonds is 2. The second kappa shape index (κ2) is 6.52. The molecule has 0 aromatic carbocycles. The molecule has 7 nitrogen and oxygen atoms in total. The van der Waals surface area contributed by atoms with Crippen molar-refractivity contribution in [3.63, 3.8) is 0 Å². The van der Waals surface area contributed by atoms with Crippen molar-refractivity contribution in [3.05, 3.63) is 0 Å². The summed E-state index contributed by atoms with van der Waals surface area (Å²) in [4.78, 5) is 39.0. The number of hydrogen-bond donors (Lipinski definition) is 1. The van der Waals surface area contributed by atoms with Crippen molar-refractivity contribution in [2.75, 3.05) is 19.6 Å². The van der Waals surface area contributed by atoms with E-state index in [0.29, 0.717) is 19.3 Å². The molecule has 3 amide bonds. The Hall–Kier alpha value is -2.07. The Balaban J connectivity index is 1.82. The highest BCUT2D eigenvalue weighted by Crippen LogP contribution is 2.47. The van der Waals surface area contributed by atoms with Crippen molar-refractivity contribution in [2.45, 2.75) is 62.6 Å². The monoisotopic (exact) mass is 395 g/mol. The quantitative estimate of drug-likeness (QED) is 0.721. The molecule has 0 aromatic rings. The number of carbonyl (C=O) groups is 3. The lowest BCUT2D eigenvalue weighted by Crippen LogP contribution is -2.66. The number of piperazine rings is 1. The summed E-state index contributed by atoms with van der Waals surface area (Å²) in [7, 11) is 0. The predicted molar refractivity (Wildman–Crippen MR) is 83.6 cm³/mol. The lowest BCUT2D eigenvalue weighted by Gasteiger charge is -2.48. The minimum absolute atomic E-state index is 0.0902. The van der Waals surface area contributed by atoms with Crippen LogP contribution in [0.3, 0.4) is 0 Å². The standard InChI is InChI=1S/C16H21F4N3O4/c1-2-10-7-23(13(25)16(18,19)20)15(3-4-15)8-22(10)12(24)11-5-9(17)6-21(11)14(26)27/h9-11H,2-8H2,1H3,(H,26,27)/t9-,10-,11+/m1/s1. The summed E-state index contributed by atoms with van der Waals surface area (Å²) in [5.74, 6) is -2.52. The molecule has 152 valence electrons. The average Bonchev–Trinajstić information content (AvgIpc) is 3.23. The highest BCUT2D eigenvalue weighted by atomic mass is 19.4. The number of alkyl halides is 4. The smallest absolute Gasteiger partial charge is 0.465 e. The molecule has 3 fully saturated rings. The van der Waals surface area contributed by atoms with Crippen molar-refractivity contribution in [3.8, 4) is 0 Å². The summed E-state index contributed by atoms with van der Waals surface area (Å²) < 4.78 is 52.5. The van der Waals surface area contributed by atoms with Gasteiger partial charge in [0.1, 0.15) is 12.2 Å². The van der Waals surface area contributed by atoms with Crippen LogP contribution in [0.2, 0.25) is 0 Å². The van der Waals surface area contributed by atoms with E-state index in [4.69, 9.17) is 0 Å². The van der Waals surface area contributed by atoms with Crippen LogP contribution in [0.1, 0.15) is 32.6 Å². The first-order valence-corrected chi connectivity index (χ1v) is 8.83. The van der Waals surface area contributed by atoms with E-state index in [1.807, 2.05) is 0 Å². The zero-order valence-electron chi connectivity index (χ0n) is 14.7. The van der Waals surface area contributed by atoms with Gasteiger partial charge < -0.3 is 14.9 Å². The molecule has 1 N–H and O–H groups in total. The minimum Gasteiger partial charge on any atom is -0.465 e. The fourth-order valence-corrected chi connectivity index (χ4v) is 4.09. The molecule has 1 aliphatic carbocycles. The van der Waals surface area contributed by atoms with E-state index in [9.17, 15) is 37.1 Å². The summed E-state index contributed by atoms with van der Waals surface area (Å²) >= 11 is 0. The maximum atomic E-state index is 13.7. The van der Waals surface area contributed by atoms with Crippen LogP contribution in [-0.4, -0.2) is 87.3 Å². The summed E-state index contributed by atoms with van der Waals surface area (Å²) in [6, 6.07) is -1.86. The Labute approximate surface area is 152 Å². The molecule has 3 atom stereocenters. The van der Waals surface area contributed by atoms with Gasteiger partial charge in [-0.1, -0.05) is 6.92 Å². The van der Waals surface area contributed by atoms with E-state index in [-0.39, 0.29) is 19.5 Å². The van der Waals surface area contributed by atoms with Crippen LogP contribution in [0.5, 0.6) is 0 Å². The van der Waals surface area contributed by atoms with Gasteiger partial charge in [-0.05, 0) is 19.3 Å². The van der Waals surface area contributed by atoms with Gasteiger partial charge in [-0.2, -0.15) is 13.2 Å². The first kappa shape index (κ1) is 19.7. The highest BCUT2D eigenvalue weighted by molar-refractivity contribution is 5.88. The first-order chi connectivity index (χ1) is 12.5. The largest absolute Gasteiger partial charge is 0.471 e. The number of likely N-dealkylation sites (tertiary alicyclic amines) is 1. The molecule has 2 heterocycles. The molecule has 1 spiro atoms. The van der Waals surface area contributed by atoms with E-state index in [1.165, 1.54) is 4.90 Å². The van der Waals surface area contributed by atoms with Gasteiger partial charge in [-0.3, -0.25) is 14.5 Å². The van der Waals surface area contributed by atoms with Crippen molar-refractivity contribution in [1.82, 2.24) is 14.7 Å². The van der Waals surface area contributed by atoms with Gasteiger partial charge >= 0.3 is 18.2 Å². The summed E-state index contributed by atoms with van der Waals surface area (Å²) in [6.07, 6.45) is -7.15. The van der Waals surface area contributed by atoms with Crippen molar-refractivity contribution in [2.24, 2.45) is 0 Å². The fraction of sp³-hybridized carbons (Fsp3) is 0.812. The van der Waals surface area contributed by atoms with Crippen LogP contribution in [-0.2, 0) is 9.59 Å². The van der Waals surface area contributed by atoms with E-state index in [0.717, 1.165) is 9.80 Å². The molecule has 1 saturated carbocycles. The Morgan fingerprint density at radius 3 is 2.26 bits per heavy atom. The summed E-state index contributed by atoms with van der Waals surface area (Å²) in [5, 5.41) is 9.20. The zero-order chi connectivity index (χ0) is 20.1. The Morgan fingerprint density at radius 1 is 1.15 bits per heavy atom. The lowest BCUT2D eigenvalue weighted by atomic mass is 10.00. The Bertz CT molecular complexity index is 652. The summed E-state index contributed by atoms with van der Waals surface area (Å²) in [5.41, 5.74) is -1.06. The molecule has 0 aromatic heterocycles. The van der Waals surface area contributed by atoms with Crippen molar-refractivity contribution < 1.29 is 37.1 Å². The van der Waals surface area contributed by atoms with Crippen LogP contribution < -0.4 is 0 Å². The normalized spacial score (nSPS) is 30.0. The molecule has 0 bridgehead atoms. The van der Waals surface area contributed by atoms with Crippen LogP contribution in [0, 0.1) is 0 Å². The third-order valence-electron chi connectivity index (χ3n) is 5.72. The number of carbonyl (C=O) groups excluding carboxylic acids is 2. The van der Waals surface area contributed by atoms with Gasteiger partial charge in [0.25, 0.3) is 0 Å². The number of amides is 3. The minimum atomic E-state index is -4.99. The molecule has 3 aliphatic rings. The SMILES string of the molecule is CC[C@@H]1CN(C(=O)C(F)(F)F)C2(CC2)CN1C(=O)[C@@H]1C[C@@H](F)CN1C(=O)O. The third kappa shape index (κ3) is 3.43. The van der Waals surface area contributed by atoms with E-state index >= 15 is 0 Å². The van der Waals surface area contributed by atoms with Gasteiger partial charge in [0, 0.05) is 25.6 Å². The Morgan fingerprint density at radius 2 is 1.78 bits per heavy atom. The molecule has 3 rings (SSSR count). The maximum Gasteiger partial charge on any atom is 0.471 e. The van der Waals surface area contributed by atoms with Crippen molar-refractivity contribution in [1.29, 1.82) is 0 Å². The second-order valence-corrected chi connectivity index (χ2v) is 7.45. The number of hydrogen-bond acceptors (Lipinski definition) is 3. The third-order valence-corrected chi connectivity index (χ3v) is 5.72. The number of carboxylic acid groups (broad SMARTS) is 1. The molecule has 27 heavy (non-hydrogen) atoms. The van der Waals surface area contributed by atoms with Crippen LogP contribution in [0.4, 0.5) is 22.4 Å². The summed E-state index contributed by atoms with van der Waals surface area (Å²) in [6.45, 7) is 0.917. The molecule has 2 aliphatic heterocycles. The molecule has 0 unspecified atom stereocenters. The van der Waals surface area contributed by atoms with Gasteiger partial charge in [-0.25, -0.2) is 9.18 Å². The van der Waals surface area contributed by atoms with Crippen molar-refractivity contribution >= 4 is 17.9 Å². The van der Waals surface area contributed by atoms with Gasteiger partial charge in [0.15, 0.2) is 0 Å². The van der Waals surface area contributed by atoms with Gasteiger partial charge in [-0.15, -0.1) is 0 Å².